The monoisotopic (exact) mass is 541 g/mol. The normalized spacial score (nSPS) is 23.3. The third-order valence-corrected chi connectivity index (χ3v) is 7.64. The topological polar surface area (TPSA) is 62.8 Å². The molecule has 2 aliphatic heterocycles. The first-order valence-corrected chi connectivity index (χ1v) is 14.8. The molecule has 1 aromatic rings. The van der Waals surface area contributed by atoms with E-state index >= 15 is 0 Å². The van der Waals surface area contributed by atoms with Crippen LogP contribution in [0.2, 0.25) is 0 Å². The molecule has 1 saturated heterocycles. The van der Waals surface area contributed by atoms with Crippen molar-refractivity contribution in [3.05, 3.63) is 102 Å². The van der Waals surface area contributed by atoms with Crippen molar-refractivity contribution in [2.45, 2.75) is 51.5 Å². The number of hydrogen-bond donors (Lipinski definition) is 1. The van der Waals surface area contributed by atoms with E-state index in [1.165, 1.54) is 31.5 Å². The minimum atomic E-state index is 0.0500. The highest BCUT2D eigenvalue weighted by Gasteiger charge is 2.19. The Balaban J connectivity index is 1.40. The standard InChI is InChI=1S/C33H43N5O2/c1-26(2)38-20-4-3-7-22-39-30-12-8-10-27(14-15-30)31-16-17-34-33(36-31)35-29-11-9-13-32(28(24-29)25-38)40-23-21-37-18-5-6-19-37/h3-4,8,10-17,24,26-27H,5-7,9,18-23,25H2,1-2H3,(H,34,35,36)/b4-3+. The van der Waals surface area contributed by atoms with Gasteiger partial charge in [0.1, 0.15) is 18.1 Å². The van der Waals surface area contributed by atoms with Gasteiger partial charge in [0.15, 0.2) is 0 Å². The molecule has 7 nitrogen and oxygen atoms in total. The first-order chi connectivity index (χ1) is 19.6. The second-order valence-corrected chi connectivity index (χ2v) is 10.9. The van der Waals surface area contributed by atoms with Gasteiger partial charge in [-0.05, 0) is 83.0 Å². The number of aromatic nitrogens is 2. The van der Waals surface area contributed by atoms with E-state index in [9.17, 15) is 0 Å². The number of nitrogens with zero attached hydrogens (tertiary/aromatic N) is 4. The van der Waals surface area contributed by atoms with Crippen molar-refractivity contribution in [1.82, 2.24) is 19.8 Å². The van der Waals surface area contributed by atoms with E-state index in [2.05, 4.69) is 76.5 Å². The Morgan fingerprint density at radius 2 is 2.05 bits per heavy atom. The van der Waals surface area contributed by atoms with Crippen LogP contribution in [0.5, 0.6) is 0 Å². The minimum absolute atomic E-state index is 0.0500. The Morgan fingerprint density at radius 1 is 1.15 bits per heavy atom. The van der Waals surface area contributed by atoms with E-state index in [-0.39, 0.29) is 5.92 Å². The largest absolute Gasteiger partial charge is 0.493 e. The molecule has 212 valence electrons. The molecule has 4 aliphatic rings. The SMILES string of the molecule is CC(C)N1C/C=C/CCOC2=CC=CC(C=C2)c2ccnc(n2)NC2=CCC=C(OCCN3CCCC3)C(=C2)C1. The summed E-state index contributed by atoms with van der Waals surface area (Å²) in [5, 5.41) is 3.49. The van der Waals surface area contributed by atoms with Crippen LogP contribution >= 0.6 is 0 Å². The van der Waals surface area contributed by atoms with Gasteiger partial charge in [-0.3, -0.25) is 9.80 Å². The summed E-state index contributed by atoms with van der Waals surface area (Å²) in [5.41, 5.74) is 3.10. The maximum Gasteiger partial charge on any atom is 0.227 e. The van der Waals surface area contributed by atoms with Crippen molar-refractivity contribution in [2.75, 3.05) is 51.3 Å². The van der Waals surface area contributed by atoms with E-state index < -0.39 is 0 Å². The van der Waals surface area contributed by atoms with Gasteiger partial charge in [-0.2, -0.15) is 0 Å². The molecule has 6 bridgehead atoms. The average Bonchev–Trinajstić information content (AvgIpc) is 3.26. The van der Waals surface area contributed by atoms with Crippen LogP contribution in [0, 0.1) is 0 Å². The lowest BCUT2D eigenvalue weighted by molar-refractivity contribution is 0.170. The Labute approximate surface area is 239 Å². The Kier molecular flexibility index (Phi) is 10.0. The number of fused-ring (bicyclic) bond motifs is 6. The summed E-state index contributed by atoms with van der Waals surface area (Å²) >= 11 is 0. The van der Waals surface area contributed by atoms with Crippen LogP contribution < -0.4 is 5.32 Å². The fourth-order valence-corrected chi connectivity index (χ4v) is 5.27. The molecule has 2 aliphatic carbocycles. The average molecular weight is 542 g/mol. The van der Waals surface area contributed by atoms with E-state index in [4.69, 9.17) is 14.5 Å². The lowest BCUT2D eigenvalue weighted by atomic mass is 10.0. The zero-order valence-electron chi connectivity index (χ0n) is 24.0. The molecule has 1 atom stereocenters. The zero-order valence-corrected chi connectivity index (χ0v) is 24.0. The number of ether oxygens (including phenoxy) is 2. The summed E-state index contributed by atoms with van der Waals surface area (Å²) in [5.74, 6) is 2.49. The molecule has 0 amide bonds. The van der Waals surface area contributed by atoms with Crippen molar-refractivity contribution in [2.24, 2.45) is 0 Å². The van der Waals surface area contributed by atoms with Crippen LogP contribution in [0.15, 0.2) is 95.8 Å². The molecular formula is C33H43N5O2. The van der Waals surface area contributed by atoms with Crippen molar-refractivity contribution in [1.29, 1.82) is 0 Å². The smallest absolute Gasteiger partial charge is 0.227 e. The van der Waals surface area contributed by atoms with Gasteiger partial charge >= 0.3 is 0 Å². The molecule has 1 unspecified atom stereocenters. The van der Waals surface area contributed by atoms with Crippen molar-refractivity contribution in [3.63, 3.8) is 0 Å². The molecule has 1 fully saturated rings. The predicted molar refractivity (Wildman–Crippen MR) is 162 cm³/mol. The number of anilines is 1. The molecular weight excluding hydrogens is 498 g/mol. The lowest BCUT2D eigenvalue weighted by Crippen LogP contribution is -2.33. The number of hydrogen-bond acceptors (Lipinski definition) is 7. The fourth-order valence-electron chi connectivity index (χ4n) is 5.27. The van der Waals surface area contributed by atoms with Crippen LogP contribution in [0.4, 0.5) is 5.95 Å². The van der Waals surface area contributed by atoms with Gasteiger partial charge in [0.25, 0.3) is 0 Å². The number of nitrogens with one attached hydrogen (secondary N) is 1. The van der Waals surface area contributed by atoms with Crippen LogP contribution in [0.25, 0.3) is 0 Å². The third-order valence-electron chi connectivity index (χ3n) is 7.64. The van der Waals surface area contributed by atoms with Gasteiger partial charge in [-0.15, -0.1) is 0 Å². The Bertz CT molecular complexity index is 1220. The maximum absolute atomic E-state index is 6.45. The molecule has 0 saturated carbocycles. The second-order valence-electron chi connectivity index (χ2n) is 10.9. The molecule has 1 N–H and O–H groups in total. The molecule has 0 radical (unpaired) electrons. The van der Waals surface area contributed by atoms with E-state index in [1.807, 2.05) is 30.5 Å². The predicted octanol–water partition coefficient (Wildman–Crippen LogP) is 5.88. The van der Waals surface area contributed by atoms with Gasteiger partial charge in [0, 0.05) is 49.1 Å². The first-order valence-electron chi connectivity index (χ1n) is 14.8. The quantitative estimate of drug-likeness (QED) is 0.467. The summed E-state index contributed by atoms with van der Waals surface area (Å²) in [4.78, 5) is 14.4. The molecule has 5 rings (SSSR count). The third kappa shape index (κ3) is 8.05. The summed E-state index contributed by atoms with van der Waals surface area (Å²) in [6.07, 6.45) is 27.5. The number of allylic oxidation sites excluding steroid dienone is 8. The van der Waals surface area contributed by atoms with E-state index in [0.29, 0.717) is 25.2 Å². The van der Waals surface area contributed by atoms with E-state index in [0.717, 1.165) is 55.4 Å². The van der Waals surface area contributed by atoms with Gasteiger partial charge in [0.2, 0.25) is 5.95 Å². The highest BCUT2D eigenvalue weighted by Crippen LogP contribution is 2.25. The molecule has 7 heteroatoms. The molecule has 3 heterocycles. The molecule has 1 aromatic heterocycles. The van der Waals surface area contributed by atoms with Crippen LogP contribution in [-0.4, -0.2) is 71.7 Å². The molecule has 40 heavy (non-hydrogen) atoms. The number of rotatable bonds is 5. The number of likely N-dealkylation sites (tertiary alicyclic amines) is 1. The highest BCUT2D eigenvalue weighted by atomic mass is 16.5. The van der Waals surface area contributed by atoms with Crippen LogP contribution in [0.3, 0.4) is 0 Å². The maximum atomic E-state index is 6.45. The zero-order chi connectivity index (χ0) is 27.6. The van der Waals surface area contributed by atoms with E-state index in [1.54, 1.807) is 0 Å². The first kappa shape index (κ1) is 28.1. The van der Waals surface area contributed by atoms with Gasteiger partial charge in [-0.1, -0.05) is 36.5 Å². The Morgan fingerprint density at radius 3 is 2.92 bits per heavy atom. The van der Waals surface area contributed by atoms with Crippen molar-refractivity contribution >= 4 is 5.95 Å². The summed E-state index contributed by atoms with van der Waals surface area (Å²) in [7, 11) is 0. The lowest BCUT2D eigenvalue weighted by Gasteiger charge is -2.27. The van der Waals surface area contributed by atoms with Gasteiger partial charge in [0.05, 0.1) is 12.3 Å². The summed E-state index contributed by atoms with van der Waals surface area (Å²) in [6.45, 7) is 10.8. The highest BCUT2D eigenvalue weighted by molar-refractivity contribution is 5.47. The summed E-state index contributed by atoms with van der Waals surface area (Å²) < 4.78 is 12.5. The van der Waals surface area contributed by atoms with Crippen LogP contribution in [-0.2, 0) is 9.47 Å². The van der Waals surface area contributed by atoms with Crippen molar-refractivity contribution in [3.8, 4) is 0 Å². The molecule has 0 aromatic carbocycles. The summed E-state index contributed by atoms with van der Waals surface area (Å²) in [6, 6.07) is 2.35. The second kappa shape index (κ2) is 14.3. The minimum Gasteiger partial charge on any atom is -0.493 e. The molecule has 0 spiro atoms. The van der Waals surface area contributed by atoms with Crippen LogP contribution in [0.1, 0.15) is 51.1 Å². The van der Waals surface area contributed by atoms with Gasteiger partial charge in [-0.25, -0.2) is 9.97 Å². The van der Waals surface area contributed by atoms with Gasteiger partial charge < -0.3 is 14.8 Å². The Hall–Kier alpha value is -3.42. The van der Waals surface area contributed by atoms with Crippen molar-refractivity contribution < 1.29 is 9.47 Å². The fraction of sp³-hybridized carbons (Fsp3) is 0.455.